The molecule has 0 bridgehead atoms. The van der Waals surface area contributed by atoms with Gasteiger partial charge in [0.25, 0.3) is 0 Å². The zero-order chi connectivity index (χ0) is 19.3. The third-order valence-corrected chi connectivity index (χ3v) is 4.79. The number of nitrogens with one attached hydrogen (secondary N) is 2. The minimum atomic E-state index is -1.32. The first-order valence-corrected chi connectivity index (χ1v) is 8.42. The number of alkyl halides is 1. The van der Waals surface area contributed by atoms with Gasteiger partial charge in [-0.05, 0) is 13.0 Å². The van der Waals surface area contributed by atoms with Gasteiger partial charge in [-0.25, -0.2) is 8.78 Å². The van der Waals surface area contributed by atoms with Crippen LogP contribution in [0.4, 0.5) is 8.78 Å². The molecule has 0 aliphatic rings. The Morgan fingerprint density at radius 1 is 1.33 bits per heavy atom. The molecule has 0 spiro atoms. The van der Waals surface area contributed by atoms with Crippen molar-refractivity contribution in [3.8, 4) is 28.4 Å². The van der Waals surface area contributed by atoms with Crippen LogP contribution in [0.1, 0.15) is 18.9 Å². The first-order valence-electron chi connectivity index (χ1n) is 8.04. The fraction of sp³-hybridized carbons (Fsp3) is 0.235. The van der Waals surface area contributed by atoms with Crippen LogP contribution in [0.3, 0.4) is 0 Å². The normalized spacial score (nSPS) is 12.7. The first-order chi connectivity index (χ1) is 12.9. The number of fused-ring (bicyclic) bond motifs is 1. The summed E-state index contributed by atoms with van der Waals surface area (Å²) in [5.41, 5.74) is 2.13. The molecule has 4 aromatic rings. The molecule has 0 saturated heterocycles. The number of hydrogen-bond donors (Lipinski definition) is 2. The van der Waals surface area contributed by atoms with E-state index in [1.807, 2.05) is 0 Å². The maximum absolute atomic E-state index is 15.0. The van der Waals surface area contributed by atoms with Gasteiger partial charge >= 0.3 is 0 Å². The van der Waals surface area contributed by atoms with E-state index in [0.29, 0.717) is 28.0 Å². The van der Waals surface area contributed by atoms with Crippen molar-refractivity contribution in [2.75, 3.05) is 7.11 Å². The molecule has 27 heavy (non-hydrogen) atoms. The minimum absolute atomic E-state index is 0.0875. The van der Waals surface area contributed by atoms with Crippen molar-refractivity contribution in [2.24, 2.45) is 7.05 Å². The van der Waals surface area contributed by atoms with Gasteiger partial charge in [-0.1, -0.05) is 11.6 Å². The van der Waals surface area contributed by atoms with E-state index >= 15 is 4.39 Å². The molecule has 3 aromatic heterocycles. The molecule has 3 heterocycles. The van der Waals surface area contributed by atoms with Crippen molar-refractivity contribution in [1.29, 1.82) is 0 Å². The second kappa shape index (κ2) is 6.34. The van der Waals surface area contributed by atoms with Crippen molar-refractivity contribution in [1.82, 2.24) is 29.9 Å². The number of hydrogen-bond acceptors (Lipinski definition) is 4. The average molecular weight is 393 g/mol. The van der Waals surface area contributed by atoms with E-state index in [1.165, 1.54) is 14.0 Å². The number of methoxy groups -OCH3 is 1. The van der Waals surface area contributed by atoms with Crippen molar-refractivity contribution in [2.45, 2.75) is 13.1 Å². The smallest absolute Gasteiger partial charge is 0.178 e. The molecule has 0 aliphatic carbocycles. The molecule has 1 atom stereocenters. The third kappa shape index (κ3) is 2.57. The molecule has 0 fully saturated rings. The van der Waals surface area contributed by atoms with Gasteiger partial charge in [0, 0.05) is 29.8 Å². The Morgan fingerprint density at radius 2 is 2.11 bits per heavy atom. The highest BCUT2D eigenvalue weighted by atomic mass is 35.5. The van der Waals surface area contributed by atoms with E-state index in [4.69, 9.17) is 16.3 Å². The fourth-order valence-electron chi connectivity index (χ4n) is 3.19. The van der Waals surface area contributed by atoms with Crippen molar-refractivity contribution < 1.29 is 13.5 Å². The highest BCUT2D eigenvalue weighted by Crippen LogP contribution is 2.44. The number of halogens is 3. The second-order valence-electron chi connectivity index (χ2n) is 6.05. The molecule has 10 heteroatoms. The number of H-pyrrole nitrogens is 2. The highest BCUT2D eigenvalue weighted by Gasteiger charge is 2.26. The van der Waals surface area contributed by atoms with E-state index < -0.39 is 12.0 Å². The summed E-state index contributed by atoms with van der Waals surface area (Å²) in [6, 6.07) is 1.65. The van der Waals surface area contributed by atoms with Gasteiger partial charge in [0.15, 0.2) is 23.6 Å². The minimum Gasteiger partial charge on any atom is -0.495 e. The highest BCUT2D eigenvalue weighted by molar-refractivity contribution is 6.33. The van der Waals surface area contributed by atoms with E-state index in [0.717, 1.165) is 0 Å². The van der Waals surface area contributed by atoms with E-state index in [1.54, 1.807) is 30.1 Å². The number of aromatic amines is 2. The molecule has 140 valence electrons. The molecule has 0 saturated carbocycles. The summed E-state index contributed by atoms with van der Waals surface area (Å²) in [7, 11) is 3.09. The Labute approximate surface area is 157 Å². The van der Waals surface area contributed by atoms with E-state index in [2.05, 4.69) is 25.4 Å². The molecular formula is C17H15ClF2N6O. The first kappa shape index (κ1) is 17.5. The summed E-state index contributed by atoms with van der Waals surface area (Å²) in [4.78, 5) is 2.86. The Bertz CT molecular complexity index is 1130. The number of nitrogens with zero attached hydrogens (tertiary/aromatic N) is 4. The SMILES string of the molecule is COc1cc2c(-c3cn[nH]c3)c(-c3nnc(C(C)F)[nH]3)n(C)c2c(F)c1Cl. The molecule has 1 unspecified atom stereocenters. The molecule has 1 aromatic carbocycles. The average Bonchev–Trinajstić information content (AvgIpc) is 3.36. The van der Waals surface area contributed by atoms with Gasteiger partial charge in [-0.2, -0.15) is 5.10 Å². The van der Waals surface area contributed by atoms with E-state index in [-0.39, 0.29) is 22.1 Å². The fourth-order valence-corrected chi connectivity index (χ4v) is 3.41. The number of aromatic nitrogens is 6. The number of rotatable bonds is 4. The van der Waals surface area contributed by atoms with Crippen LogP contribution in [0.5, 0.6) is 5.75 Å². The maximum atomic E-state index is 15.0. The molecule has 0 radical (unpaired) electrons. The second-order valence-corrected chi connectivity index (χ2v) is 6.43. The lowest BCUT2D eigenvalue weighted by Gasteiger charge is -2.06. The lowest BCUT2D eigenvalue weighted by molar-refractivity contribution is 0.357. The van der Waals surface area contributed by atoms with Crippen LogP contribution in [0.15, 0.2) is 18.5 Å². The largest absolute Gasteiger partial charge is 0.495 e. The number of aryl methyl sites for hydroxylation is 1. The molecule has 0 aliphatic heterocycles. The number of ether oxygens (including phenoxy) is 1. The topological polar surface area (TPSA) is 84.4 Å². The predicted molar refractivity (Wildman–Crippen MR) is 96.9 cm³/mol. The Morgan fingerprint density at radius 3 is 2.70 bits per heavy atom. The molecule has 0 amide bonds. The summed E-state index contributed by atoms with van der Waals surface area (Å²) in [5.74, 6) is -0.0225. The summed E-state index contributed by atoms with van der Waals surface area (Å²) < 4.78 is 35.4. The van der Waals surface area contributed by atoms with Crippen LogP contribution < -0.4 is 4.74 Å². The molecule has 2 N–H and O–H groups in total. The lowest BCUT2D eigenvalue weighted by Crippen LogP contribution is -1.97. The zero-order valence-electron chi connectivity index (χ0n) is 14.6. The van der Waals surface area contributed by atoms with Crippen LogP contribution in [-0.2, 0) is 7.05 Å². The Balaban J connectivity index is 2.12. The van der Waals surface area contributed by atoms with Crippen molar-refractivity contribution in [3.05, 3.63) is 35.1 Å². The van der Waals surface area contributed by atoms with E-state index in [9.17, 15) is 4.39 Å². The van der Waals surface area contributed by atoms with Gasteiger partial charge in [-0.15, -0.1) is 10.2 Å². The molecular weight excluding hydrogens is 378 g/mol. The Kier molecular flexibility index (Phi) is 4.11. The van der Waals surface area contributed by atoms with Crippen LogP contribution in [-0.4, -0.2) is 37.1 Å². The van der Waals surface area contributed by atoms with Gasteiger partial charge in [0.1, 0.15) is 10.8 Å². The van der Waals surface area contributed by atoms with Gasteiger partial charge in [-0.3, -0.25) is 5.10 Å². The van der Waals surface area contributed by atoms with Gasteiger partial charge in [0.05, 0.1) is 24.5 Å². The summed E-state index contributed by atoms with van der Waals surface area (Å²) in [6.45, 7) is 1.35. The summed E-state index contributed by atoms with van der Waals surface area (Å²) in [6.07, 6.45) is 1.96. The summed E-state index contributed by atoms with van der Waals surface area (Å²) in [5, 5.41) is 15.0. The molecule has 4 rings (SSSR count). The standard InChI is InChI=1S/C17H15ClF2N6O/c1-7(19)16-23-17(25-24-16)15-11(8-5-21-22-6-8)9-4-10(27-3)12(18)13(20)14(9)26(15)2/h4-7H,1-3H3,(H,21,22)(H,23,24,25). The van der Waals surface area contributed by atoms with Crippen LogP contribution in [0, 0.1) is 5.82 Å². The van der Waals surface area contributed by atoms with Gasteiger partial charge < -0.3 is 14.3 Å². The van der Waals surface area contributed by atoms with Crippen LogP contribution in [0.2, 0.25) is 5.02 Å². The van der Waals surface area contributed by atoms with Crippen LogP contribution >= 0.6 is 11.6 Å². The third-order valence-electron chi connectivity index (χ3n) is 4.44. The van der Waals surface area contributed by atoms with Gasteiger partial charge in [0.2, 0.25) is 0 Å². The predicted octanol–water partition coefficient (Wildman–Crippen LogP) is 4.19. The Hall–Kier alpha value is -2.94. The number of benzene rings is 1. The lowest BCUT2D eigenvalue weighted by atomic mass is 10.0. The van der Waals surface area contributed by atoms with Crippen molar-refractivity contribution >= 4 is 22.5 Å². The zero-order valence-corrected chi connectivity index (χ0v) is 15.4. The maximum Gasteiger partial charge on any atom is 0.178 e. The molecule has 7 nitrogen and oxygen atoms in total. The van der Waals surface area contributed by atoms with Crippen LogP contribution in [0.25, 0.3) is 33.5 Å². The monoisotopic (exact) mass is 392 g/mol. The quantitative estimate of drug-likeness (QED) is 0.545. The summed E-state index contributed by atoms with van der Waals surface area (Å²) >= 11 is 6.11. The van der Waals surface area contributed by atoms with Crippen molar-refractivity contribution in [3.63, 3.8) is 0 Å².